The second kappa shape index (κ2) is 17.4. The molecule has 7 heteroatoms. The van der Waals surface area contributed by atoms with Crippen LogP contribution in [0.5, 0.6) is 0 Å². The molecule has 2 aromatic heterocycles. The third-order valence-corrected chi connectivity index (χ3v) is 13.0. The number of aromatic nitrogens is 2. The molecule has 1 aliphatic carbocycles. The third-order valence-electron chi connectivity index (χ3n) is 10.6. The SMILES string of the molecule is CCC(CC)C(=O)/C=C(\O)C(CC)CC.[2H]C([2H])([2H])[Si](c1cc(-c2ncnc3c2sc2cc(C4CCC(C)(C)CC4)ccc23)[c-]c2ccccc12)(C([2H])([2H])[2H])C([2H])([2H])[2H].[Ir]. The summed E-state index contributed by atoms with van der Waals surface area (Å²) in [5.74, 6) is 1.04. The minimum absolute atomic E-state index is 0. The molecule has 51 heavy (non-hydrogen) atoms. The summed E-state index contributed by atoms with van der Waals surface area (Å²) in [5, 5.41) is 11.3. The molecule has 1 saturated carbocycles. The maximum Gasteiger partial charge on any atom is 0.162 e. The van der Waals surface area contributed by atoms with Crippen LogP contribution in [-0.4, -0.2) is 28.9 Å². The maximum atomic E-state index is 11.7. The molecule has 1 fully saturated rings. The molecule has 0 spiro atoms. The fraction of sp³-hybridized carbons (Fsp3) is 0.477. The van der Waals surface area contributed by atoms with Crippen LogP contribution in [0.4, 0.5) is 0 Å². The molecule has 2 heterocycles. The van der Waals surface area contributed by atoms with Crippen LogP contribution in [0.25, 0.3) is 42.3 Å². The summed E-state index contributed by atoms with van der Waals surface area (Å²) in [4.78, 5) is 20.9. The molecule has 1 aliphatic rings. The zero-order chi connectivity index (χ0) is 43.7. The Morgan fingerprint density at radius 3 is 2.29 bits per heavy atom. The van der Waals surface area contributed by atoms with Crippen LogP contribution < -0.4 is 5.19 Å². The van der Waals surface area contributed by atoms with Gasteiger partial charge >= 0.3 is 0 Å². The number of thiophene rings is 1. The average Bonchev–Trinajstić information content (AvgIpc) is 3.52. The number of hydrogen-bond donors (Lipinski definition) is 1. The van der Waals surface area contributed by atoms with Gasteiger partial charge in [-0.15, -0.1) is 40.1 Å². The number of rotatable bonds is 10. The van der Waals surface area contributed by atoms with Crippen molar-refractivity contribution in [1.29, 1.82) is 0 Å². The van der Waals surface area contributed by atoms with Crippen molar-refractivity contribution in [2.75, 3.05) is 0 Å². The molecule has 0 bridgehead atoms. The van der Waals surface area contributed by atoms with Gasteiger partial charge in [0.15, 0.2) is 5.78 Å². The Labute approximate surface area is 337 Å². The number of allylic oxidation sites excluding steroid dienone is 2. The van der Waals surface area contributed by atoms with E-state index in [1.54, 1.807) is 24.3 Å². The standard InChI is InChI=1S/C31H33N2SSi.C13H24O2.Ir/c1-31(2)14-12-20(13-15-31)21-10-11-25-26(17-21)34-30-28(32-19-33-29(25)30)23-16-22-8-6-7-9-24(22)27(18-23)35(3,4)5;1-5-10(6-2)12(14)9-13(15)11(7-3)8-4;/h6-11,17-20H,12-15H2,1-5H3;9-11,14H,5-8H2,1-4H3;/q-1;;/b;12-9-;/i3D3,4D3,5D3;;. The zero-order valence-electron chi connectivity index (χ0n) is 39.7. The molecule has 3 aromatic carbocycles. The van der Waals surface area contributed by atoms with E-state index in [0.29, 0.717) is 28.0 Å². The van der Waals surface area contributed by atoms with E-state index in [4.69, 9.17) is 12.3 Å². The Morgan fingerprint density at radius 2 is 1.65 bits per heavy atom. The van der Waals surface area contributed by atoms with Crippen LogP contribution >= 0.6 is 11.3 Å². The number of hydrogen-bond acceptors (Lipinski definition) is 5. The minimum Gasteiger partial charge on any atom is -0.512 e. The van der Waals surface area contributed by atoms with Gasteiger partial charge in [0.1, 0.15) is 6.33 Å². The monoisotopic (exact) mass is 907 g/mol. The summed E-state index contributed by atoms with van der Waals surface area (Å²) < 4.78 is 77.5. The Bertz CT molecular complexity index is 2270. The fourth-order valence-electron chi connectivity index (χ4n) is 7.22. The molecule has 5 aromatic rings. The van der Waals surface area contributed by atoms with Crippen molar-refractivity contribution in [2.45, 2.75) is 118 Å². The van der Waals surface area contributed by atoms with Gasteiger partial charge in [0.2, 0.25) is 0 Å². The Hall–Kier alpha value is -2.70. The van der Waals surface area contributed by atoms with Gasteiger partial charge in [-0.2, -0.15) is 0 Å². The van der Waals surface area contributed by atoms with Crippen molar-refractivity contribution in [1.82, 2.24) is 9.97 Å². The Kier molecular flexibility index (Phi) is 10.1. The first-order chi connectivity index (χ1) is 27.5. The van der Waals surface area contributed by atoms with Crippen molar-refractivity contribution >= 4 is 61.5 Å². The van der Waals surface area contributed by atoms with Crippen molar-refractivity contribution in [3.63, 3.8) is 0 Å². The molecular weight excluding hydrogens is 841 g/mol. The fourth-order valence-corrected chi connectivity index (χ4v) is 9.41. The molecule has 275 valence electrons. The van der Waals surface area contributed by atoms with E-state index >= 15 is 0 Å². The number of carbonyl (C=O) groups is 1. The minimum atomic E-state index is -5.30. The largest absolute Gasteiger partial charge is 0.512 e. The maximum absolute atomic E-state index is 11.7. The molecule has 4 nitrogen and oxygen atoms in total. The molecular formula is C44H57IrN2O2SSi-. The van der Waals surface area contributed by atoms with Crippen LogP contribution in [0, 0.1) is 23.3 Å². The quantitative estimate of drug-likeness (QED) is 0.0656. The first kappa shape index (κ1) is 29.7. The average molecular weight is 907 g/mol. The van der Waals surface area contributed by atoms with Gasteiger partial charge in [0.25, 0.3) is 0 Å². The third kappa shape index (κ3) is 9.46. The second-order valence-corrected chi connectivity index (χ2v) is 17.7. The number of fused-ring (bicyclic) bond motifs is 4. The van der Waals surface area contributed by atoms with E-state index in [0.717, 1.165) is 58.8 Å². The van der Waals surface area contributed by atoms with Gasteiger partial charge in [0, 0.05) is 70.8 Å². The molecule has 1 N–H and O–H groups in total. The van der Waals surface area contributed by atoms with E-state index in [1.807, 2.05) is 27.7 Å². The summed E-state index contributed by atoms with van der Waals surface area (Å²) in [6.45, 7) is 2.96. The summed E-state index contributed by atoms with van der Waals surface area (Å²) >= 11 is 1.53. The molecule has 1 radical (unpaired) electrons. The van der Waals surface area contributed by atoms with Gasteiger partial charge in [0.05, 0.1) is 19.3 Å². The normalized spacial score (nSPS) is 18.7. The van der Waals surface area contributed by atoms with Gasteiger partial charge in [-0.1, -0.05) is 102 Å². The zero-order valence-corrected chi connectivity index (χ0v) is 34.9. The molecule has 0 saturated heterocycles. The van der Waals surface area contributed by atoms with Crippen molar-refractivity contribution < 1.29 is 42.3 Å². The van der Waals surface area contributed by atoms with Gasteiger partial charge in [-0.05, 0) is 74.3 Å². The van der Waals surface area contributed by atoms with Gasteiger partial charge in [-0.25, -0.2) is 4.98 Å². The van der Waals surface area contributed by atoms with Crippen molar-refractivity contribution in [3.05, 3.63) is 78.3 Å². The van der Waals surface area contributed by atoms with Crippen LogP contribution in [0.2, 0.25) is 19.4 Å². The van der Waals surface area contributed by atoms with Crippen LogP contribution in [0.1, 0.15) is 117 Å². The van der Waals surface area contributed by atoms with Crippen LogP contribution in [0.15, 0.2) is 66.7 Å². The van der Waals surface area contributed by atoms with Crippen molar-refractivity contribution in [3.8, 4) is 11.3 Å². The number of aliphatic hydroxyl groups is 1. The first-order valence-electron chi connectivity index (χ1n) is 22.6. The van der Waals surface area contributed by atoms with E-state index < -0.39 is 27.5 Å². The summed E-state index contributed by atoms with van der Waals surface area (Å²) in [7, 11) is -5.30. The van der Waals surface area contributed by atoms with Gasteiger partial charge in [-0.3, -0.25) is 9.78 Å². The van der Waals surface area contributed by atoms with Crippen molar-refractivity contribution in [2.24, 2.45) is 17.3 Å². The smallest absolute Gasteiger partial charge is 0.162 e. The summed E-state index contributed by atoms with van der Waals surface area (Å²) in [6, 6.07) is 17.9. The number of carbonyl (C=O) groups excluding carboxylic acids is 1. The Morgan fingerprint density at radius 1 is 0.980 bits per heavy atom. The Balaban J connectivity index is 0.000000425. The van der Waals surface area contributed by atoms with E-state index in [1.165, 1.54) is 48.2 Å². The molecule has 0 aliphatic heterocycles. The number of ketones is 1. The summed E-state index contributed by atoms with van der Waals surface area (Å²) in [5.41, 5.74) is 3.23. The predicted octanol–water partition coefficient (Wildman–Crippen LogP) is 12.6. The summed E-state index contributed by atoms with van der Waals surface area (Å²) in [6.07, 6.45) is 11.0. The number of aliphatic hydroxyl groups excluding tert-OH is 1. The second-order valence-electron chi connectivity index (χ2n) is 14.6. The molecule has 0 atom stereocenters. The van der Waals surface area contributed by atoms with Gasteiger partial charge < -0.3 is 5.11 Å². The van der Waals surface area contributed by atoms with E-state index in [9.17, 15) is 9.90 Å². The molecule has 0 unspecified atom stereocenters. The van der Waals surface area contributed by atoms with Crippen LogP contribution in [0.3, 0.4) is 0 Å². The topological polar surface area (TPSA) is 63.1 Å². The van der Waals surface area contributed by atoms with Crippen LogP contribution in [-0.2, 0) is 24.9 Å². The first-order valence-corrected chi connectivity index (χ1v) is 20.9. The van der Waals surface area contributed by atoms with E-state index in [-0.39, 0.29) is 54.1 Å². The van der Waals surface area contributed by atoms with E-state index in [2.05, 4.69) is 48.1 Å². The molecule has 0 amide bonds. The predicted molar refractivity (Wildman–Crippen MR) is 219 cm³/mol. The molecule has 6 rings (SSSR count). The number of nitrogens with zero attached hydrogens (tertiary/aromatic N) is 2. The number of benzene rings is 3.